The van der Waals surface area contributed by atoms with E-state index in [-0.39, 0.29) is 22.4 Å². The molecule has 0 N–H and O–H groups in total. The van der Waals surface area contributed by atoms with E-state index in [1.165, 1.54) is 12.1 Å². The first-order chi connectivity index (χ1) is 34.3. The molecule has 0 radical (unpaired) electrons. The minimum absolute atomic E-state index is 0.136. The highest BCUT2D eigenvalue weighted by atomic mass is 19.4. The van der Waals surface area contributed by atoms with Crippen molar-refractivity contribution >= 4 is 49.3 Å². The van der Waals surface area contributed by atoms with Crippen molar-refractivity contribution in [2.75, 3.05) is 0 Å². The van der Waals surface area contributed by atoms with Gasteiger partial charge in [-0.3, -0.25) is 9.97 Å². The number of pyridine rings is 2. The largest absolute Gasteiger partial charge is 0.415 e. The number of nitrogens with zero attached hydrogens (tertiary/aromatic N) is 6. The zero-order valence-electron chi connectivity index (χ0n) is 37.0. The molecule has 0 aliphatic carbocycles. The Morgan fingerprint density at radius 3 is 1.40 bits per heavy atom. The summed E-state index contributed by atoms with van der Waals surface area (Å²) >= 11 is 0. The molecule has 6 nitrogen and oxygen atoms in total. The number of hydrogen-bond acceptors (Lipinski definition) is 3. The van der Waals surface area contributed by atoms with Gasteiger partial charge in [-0.1, -0.05) is 152 Å². The van der Waals surface area contributed by atoms with Crippen LogP contribution in [0.1, 0.15) is 11.1 Å². The normalized spacial score (nSPS) is 11.6. The highest BCUT2D eigenvalue weighted by Crippen LogP contribution is 2.50. The van der Waals surface area contributed by atoms with Crippen LogP contribution in [0, 0.1) is 17.9 Å². The third-order valence-corrected chi connectivity index (χ3v) is 13.1. The molecule has 0 aliphatic heterocycles. The average Bonchev–Trinajstić information content (AvgIpc) is 3.92. The van der Waals surface area contributed by atoms with E-state index in [2.05, 4.69) is 10.9 Å². The number of rotatable bonds is 7. The molecule has 0 bridgehead atoms. The summed E-state index contributed by atoms with van der Waals surface area (Å²) in [5.74, 6) is 0. The van der Waals surface area contributed by atoms with Gasteiger partial charge in [0.25, 0.3) is 0 Å². The van der Waals surface area contributed by atoms with Crippen LogP contribution in [0.25, 0.3) is 116 Å². The fourth-order valence-electron chi connectivity index (χ4n) is 10.1. The highest BCUT2D eigenvalue weighted by Gasteiger charge is 2.37. The molecule has 4 aromatic heterocycles. The topological polar surface area (TPSA) is 63.8 Å². The molecule has 0 fully saturated rings. The second-order valence-electron chi connectivity index (χ2n) is 17.0. The quantitative estimate of drug-likeness (QED) is 0.150. The lowest BCUT2D eigenvalue weighted by Crippen LogP contribution is -2.11. The van der Waals surface area contributed by atoms with E-state index in [9.17, 15) is 5.26 Å². The van der Waals surface area contributed by atoms with Crippen LogP contribution in [-0.4, -0.2) is 19.1 Å². The van der Waals surface area contributed by atoms with Crippen molar-refractivity contribution in [3.8, 4) is 73.3 Å². The van der Waals surface area contributed by atoms with Crippen LogP contribution in [0.2, 0.25) is 0 Å². The van der Waals surface area contributed by atoms with E-state index in [0.717, 1.165) is 72.4 Å². The van der Waals surface area contributed by atoms with Crippen LogP contribution in [-0.2, 0) is 6.18 Å². The second-order valence-corrected chi connectivity index (χ2v) is 17.0. The van der Waals surface area contributed by atoms with E-state index < -0.39 is 11.7 Å². The zero-order chi connectivity index (χ0) is 47.5. The Bertz CT molecular complexity index is 3920. The van der Waals surface area contributed by atoms with Crippen LogP contribution < -0.4 is 0 Å². The van der Waals surface area contributed by atoms with E-state index in [1.54, 1.807) is 24.5 Å². The van der Waals surface area contributed by atoms with Crippen molar-refractivity contribution in [2.45, 2.75) is 6.18 Å². The molecule has 0 saturated heterocycles. The molecule has 8 aromatic carbocycles. The van der Waals surface area contributed by atoms with Crippen LogP contribution in [0.5, 0.6) is 0 Å². The first kappa shape index (κ1) is 41.8. The van der Waals surface area contributed by atoms with E-state index >= 15 is 13.2 Å². The predicted molar refractivity (Wildman–Crippen MR) is 274 cm³/mol. The van der Waals surface area contributed by atoms with Gasteiger partial charge in [0.05, 0.1) is 68.6 Å². The number of alkyl halides is 3. The van der Waals surface area contributed by atoms with Crippen molar-refractivity contribution in [1.82, 2.24) is 19.1 Å². The number of fused-ring (bicyclic) bond motifs is 6. The lowest BCUT2D eigenvalue weighted by molar-refractivity contribution is -0.137. The fraction of sp³-hybridized carbons (Fsp3) is 0.0164. The Labute approximate surface area is 399 Å². The molecule has 0 spiro atoms. The summed E-state index contributed by atoms with van der Waals surface area (Å²) < 4.78 is 51.3. The molecule has 0 unspecified atom stereocenters. The van der Waals surface area contributed by atoms with Crippen LogP contribution in [0.15, 0.2) is 213 Å². The Balaban J connectivity index is 1.23. The molecule has 70 heavy (non-hydrogen) atoms. The standard InChI is InChI=1S/C61H35F3N6/c1-66-50-24-12-23-49(61(62,63)64)57(50)58-55(69-51-25-10-8-19-45(51)47-29-27-41(35-53(47)69)43-21-13-31-67-59(43)39-15-4-2-5-16-39)33-38(37-65)34-56(58)70-52-26-11-9-20-46(52)48-30-28-42(36-54(48)70)44-22-14-32-68-60(44)40-17-6-3-7-18-40/h2-36H. The highest BCUT2D eigenvalue weighted by molar-refractivity contribution is 6.14. The summed E-state index contributed by atoms with van der Waals surface area (Å²) in [4.78, 5) is 13.4. The second kappa shape index (κ2) is 16.6. The maximum Gasteiger partial charge on any atom is 0.415 e. The zero-order valence-corrected chi connectivity index (χ0v) is 37.0. The van der Waals surface area contributed by atoms with Gasteiger partial charge in [-0.15, -0.1) is 0 Å². The Morgan fingerprint density at radius 1 is 0.457 bits per heavy atom. The molecular weight excluding hydrogens is 874 g/mol. The van der Waals surface area contributed by atoms with Crippen LogP contribution in [0.3, 0.4) is 0 Å². The van der Waals surface area contributed by atoms with Crippen molar-refractivity contribution in [3.63, 3.8) is 0 Å². The summed E-state index contributed by atoms with van der Waals surface area (Å²) in [5.41, 5.74) is 9.07. The number of halogens is 3. The number of para-hydroxylation sites is 2. The maximum atomic E-state index is 15.8. The van der Waals surface area contributed by atoms with Crippen LogP contribution in [0.4, 0.5) is 18.9 Å². The Kier molecular flexibility index (Phi) is 9.94. The molecule has 330 valence electrons. The van der Waals surface area contributed by atoms with Crippen molar-refractivity contribution < 1.29 is 13.2 Å². The van der Waals surface area contributed by atoms with Gasteiger partial charge in [0.2, 0.25) is 0 Å². The third-order valence-electron chi connectivity index (χ3n) is 13.1. The minimum atomic E-state index is -4.87. The Hall–Kier alpha value is -9.57. The van der Waals surface area contributed by atoms with Gasteiger partial charge in [0.1, 0.15) is 0 Å². The first-order valence-corrected chi connectivity index (χ1v) is 22.6. The first-order valence-electron chi connectivity index (χ1n) is 22.6. The summed E-state index contributed by atoms with van der Waals surface area (Å²) in [5, 5.41) is 14.4. The molecule has 0 amide bonds. The van der Waals surface area contributed by atoms with Crippen molar-refractivity contribution in [3.05, 3.63) is 235 Å². The van der Waals surface area contributed by atoms with Crippen molar-refractivity contribution in [2.24, 2.45) is 0 Å². The van der Waals surface area contributed by atoms with Gasteiger partial charge in [0.15, 0.2) is 5.69 Å². The summed E-state index contributed by atoms with van der Waals surface area (Å²) in [7, 11) is 0. The summed E-state index contributed by atoms with van der Waals surface area (Å²) in [6.45, 7) is 8.44. The van der Waals surface area contributed by atoms with Crippen molar-refractivity contribution in [1.29, 1.82) is 5.26 Å². The Morgan fingerprint density at radius 2 is 0.929 bits per heavy atom. The predicted octanol–water partition coefficient (Wildman–Crippen LogP) is 16.4. The summed E-state index contributed by atoms with van der Waals surface area (Å²) in [6.07, 6.45) is -1.36. The summed E-state index contributed by atoms with van der Waals surface area (Å²) in [6, 6.07) is 64.7. The molecular formula is C61H35F3N6. The smallest absolute Gasteiger partial charge is 0.309 e. The average molecular weight is 909 g/mol. The number of aromatic nitrogens is 4. The maximum absolute atomic E-state index is 15.8. The van der Waals surface area contributed by atoms with Gasteiger partial charge in [-0.25, -0.2) is 4.85 Å². The number of benzene rings is 8. The van der Waals surface area contributed by atoms with Crippen LogP contribution >= 0.6 is 0 Å². The minimum Gasteiger partial charge on any atom is -0.309 e. The molecule has 9 heteroatoms. The molecule has 0 atom stereocenters. The van der Waals surface area contributed by atoms with E-state index in [4.69, 9.17) is 16.5 Å². The fourth-order valence-corrected chi connectivity index (χ4v) is 10.1. The number of hydrogen-bond donors (Lipinski definition) is 0. The molecule has 12 rings (SSSR count). The molecule has 0 aliphatic rings. The molecule has 12 aromatic rings. The van der Waals surface area contributed by atoms with Gasteiger partial charge < -0.3 is 9.13 Å². The van der Waals surface area contributed by atoms with E-state index in [0.29, 0.717) is 33.4 Å². The van der Waals surface area contributed by atoms with Gasteiger partial charge >= 0.3 is 6.18 Å². The van der Waals surface area contributed by atoms with Gasteiger partial charge in [-0.2, -0.15) is 18.4 Å². The van der Waals surface area contributed by atoms with Gasteiger partial charge in [-0.05, 0) is 59.7 Å². The monoisotopic (exact) mass is 908 g/mol. The van der Waals surface area contributed by atoms with Gasteiger partial charge in [0, 0.05) is 67.3 Å². The van der Waals surface area contributed by atoms with E-state index in [1.807, 2.05) is 179 Å². The third kappa shape index (κ3) is 6.79. The lowest BCUT2D eigenvalue weighted by atomic mass is 9.92. The molecule has 4 heterocycles. The molecule has 0 saturated carbocycles. The SMILES string of the molecule is [C-]#[N+]c1cccc(C(F)(F)F)c1-c1c(-n2c3ccccc3c3ccc(-c4cccnc4-c4ccccc4)cc32)cc(C#N)cc1-n1c2ccccc2c2ccc(-c3cccnc3-c3ccccc3)cc21. The lowest BCUT2D eigenvalue weighted by Gasteiger charge is -2.24. The number of nitriles is 1.